The van der Waals surface area contributed by atoms with Gasteiger partial charge in [0.1, 0.15) is 5.84 Å². The minimum Gasteiger partial charge on any atom is -0.383 e. The molecule has 4 nitrogen and oxygen atoms in total. The molecule has 0 unspecified atom stereocenters. The van der Waals surface area contributed by atoms with Gasteiger partial charge in [-0.05, 0) is 25.2 Å². The van der Waals surface area contributed by atoms with E-state index in [1.807, 2.05) is 0 Å². The summed E-state index contributed by atoms with van der Waals surface area (Å²) in [6.07, 6.45) is 6.17. The lowest BCUT2D eigenvalue weighted by molar-refractivity contribution is 0.207. The number of aliphatic imine (C=N–C) groups is 1. The Morgan fingerprint density at radius 1 is 1.41 bits per heavy atom. The number of rotatable bonds is 6. The Morgan fingerprint density at radius 2 is 2.06 bits per heavy atom. The number of hydrogen-bond acceptors (Lipinski definition) is 3. The average molecular weight is 241 g/mol. The van der Waals surface area contributed by atoms with E-state index in [4.69, 9.17) is 10.6 Å². The number of ether oxygens (including phenoxy) is 1. The summed E-state index contributed by atoms with van der Waals surface area (Å²) in [5, 5.41) is 0. The van der Waals surface area contributed by atoms with Gasteiger partial charge in [0.2, 0.25) is 0 Å². The third-order valence-electron chi connectivity index (χ3n) is 3.56. The molecule has 17 heavy (non-hydrogen) atoms. The summed E-state index contributed by atoms with van der Waals surface area (Å²) in [4.78, 5) is 4.59. The Kier molecular flexibility index (Phi) is 5.92. The fourth-order valence-electron chi connectivity index (χ4n) is 2.99. The molecule has 0 atom stereocenters. The van der Waals surface area contributed by atoms with E-state index in [1.165, 1.54) is 32.1 Å². The topological polar surface area (TPSA) is 59.6 Å². The zero-order valence-corrected chi connectivity index (χ0v) is 11.5. The molecule has 0 saturated heterocycles. The van der Waals surface area contributed by atoms with Crippen LogP contribution in [0.1, 0.15) is 46.0 Å². The first-order valence-corrected chi connectivity index (χ1v) is 6.65. The largest absolute Gasteiger partial charge is 0.383 e. The monoisotopic (exact) mass is 241 g/mol. The smallest absolute Gasteiger partial charge is 0.117 e. The molecular formula is C13H27N3O. The minimum absolute atomic E-state index is 0.191. The standard InChI is InChI=1S/C13H27N3O/c1-11(2)10-13(6-4-5-7-13)12(16-14)15-8-9-17-3/h11H,4-10,14H2,1-3H3,(H,15,16). The summed E-state index contributed by atoms with van der Waals surface area (Å²) in [5.74, 6) is 7.34. The highest BCUT2D eigenvalue weighted by molar-refractivity contribution is 5.88. The normalized spacial score (nSPS) is 19.9. The number of nitrogens with zero attached hydrogens (tertiary/aromatic N) is 1. The summed E-state index contributed by atoms with van der Waals surface area (Å²) >= 11 is 0. The number of nitrogens with two attached hydrogens (primary N) is 1. The van der Waals surface area contributed by atoms with Crippen LogP contribution in [0.5, 0.6) is 0 Å². The fraction of sp³-hybridized carbons (Fsp3) is 0.923. The van der Waals surface area contributed by atoms with Crippen LogP contribution in [-0.4, -0.2) is 26.1 Å². The summed E-state index contributed by atoms with van der Waals surface area (Å²) in [6.45, 7) is 5.88. The molecular weight excluding hydrogens is 214 g/mol. The third kappa shape index (κ3) is 3.96. The summed E-state index contributed by atoms with van der Waals surface area (Å²) in [6, 6.07) is 0. The van der Waals surface area contributed by atoms with Crippen molar-refractivity contribution in [2.24, 2.45) is 22.2 Å². The number of amidine groups is 1. The van der Waals surface area contributed by atoms with Crippen molar-refractivity contribution in [2.75, 3.05) is 20.3 Å². The summed E-state index contributed by atoms with van der Waals surface area (Å²) < 4.78 is 5.04. The van der Waals surface area contributed by atoms with Crippen molar-refractivity contribution < 1.29 is 4.74 Å². The Bertz CT molecular complexity index is 245. The van der Waals surface area contributed by atoms with Crippen LogP contribution in [0.2, 0.25) is 0 Å². The van der Waals surface area contributed by atoms with Crippen LogP contribution >= 0.6 is 0 Å². The molecule has 1 aliphatic rings. The maximum atomic E-state index is 5.67. The number of hydrogen-bond donors (Lipinski definition) is 2. The van der Waals surface area contributed by atoms with Gasteiger partial charge < -0.3 is 10.2 Å². The molecule has 1 saturated carbocycles. The first-order valence-electron chi connectivity index (χ1n) is 6.65. The maximum Gasteiger partial charge on any atom is 0.117 e. The van der Waals surface area contributed by atoms with Crippen molar-refractivity contribution in [1.82, 2.24) is 5.43 Å². The quantitative estimate of drug-likeness (QED) is 0.246. The van der Waals surface area contributed by atoms with E-state index in [-0.39, 0.29) is 5.41 Å². The first kappa shape index (κ1) is 14.5. The maximum absolute atomic E-state index is 5.67. The highest BCUT2D eigenvalue weighted by atomic mass is 16.5. The molecule has 0 bridgehead atoms. The van der Waals surface area contributed by atoms with Crippen molar-refractivity contribution in [2.45, 2.75) is 46.0 Å². The van der Waals surface area contributed by atoms with Crippen LogP contribution in [0, 0.1) is 11.3 Å². The molecule has 0 radical (unpaired) electrons. The van der Waals surface area contributed by atoms with Gasteiger partial charge in [0.25, 0.3) is 0 Å². The Balaban J connectivity index is 2.75. The van der Waals surface area contributed by atoms with E-state index in [0.29, 0.717) is 19.1 Å². The van der Waals surface area contributed by atoms with E-state index < -0.39 is 0 Å². The molecule has 0 aromatic carbocycles. The molecule has 0 heterocycles. The van der Waals surface area contributed by atoms with Crippen molar-refractivity contribution in [3.63, 3.8) is 0 Å². The second kappa shape index (κ2) is 6.97. The van der Waals surface area contributed by atoms with Crippen LogP contribution in [-0.2, 0) is 4.74 Å². The van der Waals surface area contributed by atoms with Crippen molar-refractivity contribution >= 4 is 5.84 Å². The molecule has 1 fully saturated rings. The molecule has 1 rings (SSSR count). The molecule has 3 N–H and O–H groups in total. The number of nitrogens with one attached hydrogen (secondary N) is 1. The lowest BCUT2D eigenvalue weighted by Crippen LogP contribution is -2.44. The number of methoxy groups -OCH3 is 1. The molecule has 1 aliphatic carbocycles. The van der Waals surface area contributed by atoms with Gasteiger partial charge >= 0.3 is 0 Å². The predicted octanol–water partition coefficient (Wildman–Crippen LogP) is 2.10. The van der Waals surface area contributed by atoms with Gasteiger partial charge in [-0.1, -0.05) is 26.7 Å². The van der Waals surface area contributed by atoms with Crippen LogP contribution in [0.4, 0.5) is 0 Å². The van der Waals surface area contributed by atoms with Crippen molar-refractivity contribution in [3.8, 4) is 0 Å². The third-order valence-corrected chi connectivity index (χ3v) is 3.56. The Labute approximate surface area is 105 Å². The molecule has 0 spiro atoms. The van der Waals surface area contributed by atoms with Crippen LogP contribution < -0.4 is 11.3 Å². The van der Waals surface area contributed by atoms with E-state index in [2.05, 4.69) is 24.3 Å². The first-order chi connectivity index (χ1) is 8.14. The molecule has 0 aromatic rings. The molecule has 0 aromatic heterocycles. The van der Waals surface area contributed by atoms with Gasteiger partial charge in [-0.25, -0.2) is 5.84 Å². The molecule has 4 heteroatoms. The Hall–Kier alpha value is -0.610. The van der Waals surface area contributed by atoms with Crippen molar-refractivity contribution in [1.29, 1.82) is 0 Å². The van der Waals surface area contributed by atoms with E-state index in [1.54, 1.807) is 7.11 Å². The summed E-state index contributed by atoms with van der Waals surface area (Å²) in [7, 11) is 1.70. The van der Waals surface area contributed by atoms with Gasteiger partial charge in [0.05, 0.1) is 13.2 Å². The SMILES string of the molecule is COCCN=C(NN)C1(CC(C)C)CCCC1. The lowest BCUT2D eigenvalue weighted by Gasteiger charge is -2.32. The zero-order valence-electron chi connectivity index (χ0n) is 11.5. The number of hydrazine groups is 1. The van der Waals surface area contributed by atoms with Gasteiger partial charge in [-0.2, -0.15) is 0 Å². The van der Waals surface area contributed by atoms with Gasteiger partial charge in [0.15, 0.2) is 0 Å². The zero-order chi connectivity index (χ0) is 12.7. The molecule has 100 valence electrons. The fourth-order valence-corrected chi connectivity index (χ4v) is 2.99. The van der Waals surface area contributed by atoms with Gasteiger partial charge in [-0.3, -0.25) is 4.99 Å². The lowest BCUT2D eigenvalue weighted by atomic mass is 9.77. The highest BCUT2D eigenvalue weighted by Crippen LogP contribution is 2.43. The van der Waals surface area contributed by atoms with E-state index >= 15 is 0 Å². The molecule has 0 amide bonds. The second-order valence-corrected chi connectivity index (χ2v) is 5.45. The Morgan fingerprint density at radius 3 is 2.53 bits per heavy atom. The van der Waals surface area contributed by atoms with Gasteiger partial charge in [-0.15, -0.1) is 0 Å². The van der Waals surface area contributed by atoms with E-state index in [9.17, 15) is 0 Å². The van der Waals surface area contributed by atoms with Crippen LogP contribution in [0.25, 0.3) is 0 Å². The summed E-state index contributed by atoms with van der Waals surface area (Å²) in [5.41, 5.74) is 3.03. The minimum atomic E-state index is 0.191. The average Bonchev–Trinajstić information content (AvgIpc) is 2.73. The van der Waals surface area contributed by atoms with Crippen LogP contribution in [0.3, 0.4) is 0 Å². The van der Waals surface area contributed by atoms with Crippen molar-refractivity contribution in [3.05, 3.63) is 0 Å². The van der Waals surface area contributed by atoms with Crippen LogP contribution in [0.15, 0.2) is 4.99 Å². The highest BCUT2D eigenvalue weighted by Gasteiger charge is 2.39. The van der Waals surface area contributed by atoms with E-state index in [0.717, 1.165) is 5.84 Å². The van der Waals surface area contributed by atoms with Gasteiger partial charge in [0, 0.05) is 12.5 Å². The predicted molar refractivity (Wildman–Crippen MR) is 71.9 cm³/mol. The second-order valence-electron chi connectivity index (χ2n) is 5.45. The molecule has 0 aliphatic heterocycles.